The number of hydrogen-bond donors (Lipinski definition) is 1. The molecule has 7 heteroatoms. The summed E-state index contributed by atoms with van der Waals surface area (Å²) in [6.45, 7) is 4.27. The monoisotopic (exact) mass is 383 g/mol. The van der Waals surface area contributed by atoms with Gasteiger partial charge in [-0.1, -0.05) is 49.9 Å². The minimum atomic E-state index is -0.130. The normalized spacial score (nSPS) is 10.8. The number of rotatable bonds is 7. The van der Waals surface area contributed by atoms with Crippen LogP contribution in [0.1, 0.15) is 25.3 Å². The molecule has 3 aromatic rings. The number of carbonyl (C=O) groups is 1. The summed E-state index contributed by atoms with van der Waals surface area (Å²) in [6.07, 6.45) is 0. The van der Waals surface area contributed by atoms with Crippen molar-refractivity contribution in [1.29, 1.82) is 0 Å². The molecule has 1 N–H and O–H groups in total. The summed E-state index contributed by atoms with van der Waals surface area (Å²) in [4.78, 5) is 12.1. The van der Waals surface area contributed by atoms with Gasteiger partial charge in [-0.2, -0.15) is 0 Å². The fourth-order valence-electron chi connectivity index (χ4n) is 2.47. The van der Waals surface area contributed by atoms with Crippen molar-refractivity contribution >= 4 is 23.4 Å². The maximum Gasteiger partial charge on any atom is 0.277 e. The van der Waals surface area contributed by atoms with Gasteiger partial charge in [0.25, 0.3) is 11.1 Å². The van der Waals surface area contributed by atoms with E-state index in [-0.39, 0.29) is 11.7 Å². The maximum absolute atomic E-state index is 12.1. The lowest BCUT2D eigenvalue weighted by atomic mass is 10.0. The number of aromatic nitrogens is 2. The first-order chi connectivity index (χ1) is 13.1. The lowest BCUT2D eigenvalue weighted by Gasteiger charge is -2.07. The van der Waals surface area contributed by atoms with Gasteiger partial charge in [0, 0.05) is 5.69 Å². The van der Waals surface area contributed by atoms with Gasteiger partial charge in [-0.05, 0) is 35.7 Å². The molecule has 27 heavy (non-hydrogen) atoms. The van der Waals surface area contributed by atoms with Crippen molar-refractivity contribution in [2.24, 2.45) is 0 Å². The SMILES string of the molecule is COc1ccccc1-c1nnc(SCC(=O)Nc2ccc(C(C)C)cc2)o1. The van der Waals surface area contributed by atoms with Crippen LogP contribution in [0.2, 0.25) is 0 Å². The Labute approximate surface area is 162 Å². The number of amides is 1. The Bertz CT molecular complexity index is 907. The quantitative estimate of drug-likeness (QED) is 0.601. The largest absolute Gasteiger partial charge is 0.496 e. The van der Waals surface area contributed by atoms with Gasteiger partial charge in [-0.25, -0.2) is 0 Å². The molecule has 1 amide bonds. The molecule has 0 radical (unpaired) electrons. The van der Waals surface area contributed by atoms with Crippen molar-refractivity contribution in [2.75, 3.05) is 18.2 Å². The van der Waals surface area contributed by atoms with Crippen LogP contribution in [-0.2, 0) is 4.79 Å². The lowest BCUT2D eigenvalue weighted by Crippen LogP contribution is -2.14. The number of thioether (sulfide) groups is 1. The van der Waals surface area contributed by atoms with Crippen molar-refractivity contribution in [1.82, 2.24) is 10.2 Å². The van der Waals surface area contributed by atoms with E-state index in [0.717, 1.165) is 5.69 Å². The van der Waals surface area contributed by atoms with Crippen LogP contribution < -0.4 is 10.1 Å². The highest BCUT2D eigenvalue weighted by Crippen LogP contribution is 2.30. The molecule has 0 saturated heterocycles. The smallest absolute Gasteiger partial charge is 0.277 e. The van der Waals surface area contributed by atoms with Crippen molar-refractivity contribution in [2.45, 2.75) is 25.0 Å². The zero-order valence-corrected chi connectivity index (χ0v) is 16.2. The number of methoxy groups -OCH3 is 1. The highest BCUT2D eigenvalue weighted by atomic mass is 32.2. The molecular weight excluding hydrogens is 362 g/mol. The van der Waals surface area contributed by atoms with E-state index in [1.165, 1.54) is 17.3 Å². The summed E-state index contributed by atoms with van der Waals surface area (Å²) >= 11 is 1.19. The van der Waals surface area contributed by atoms with E-state index < -0.39 is 0 Å². The van der Waals surface area contributed by atoms with E-state index in [1.54, 1.807) is 7.11 Å². The molecule has 0 atom stereocenters. The summed E-state index contributed by atoms with van der Waals surface area (Å²) in [7, 11) is 1.59. The number of nitrogens with zero attached hydrogens (tertiary/aromatic N) is 2. The molecule has 1 aromatic heterocycles. The molecule has 6 nitrogen and oxygen atoms in total. The average Bonchev–Trinajstić information content (AvgIpc) is 3.15. The van der Waals surface area contributed by atoms with Crippen molar-refractivity contribution in [3.63, 3.8) is 0 Å². The molecule has 3 rings (SSSR count). The number of benzene rings is 2. The Morgan fingerprint density at radius 2 is 1.89 bits per heavy atom. The van der Waals surface area contributed by atoms with Gasteiger partial charge in [0.05, 0.1) is 18.4 Å². The molecular formula is C20H21N3O3S. The van der Waals surface area contributed by atoms with E-state index in [0.29, 0.717) is 28.3 Å². The second-order valence-electron chi connectivity index (χ2n) is 6.19. The van der Waals surface area contributed by atoms with Gasteiger partial charge in [-0.15, -0.1) is 10.2 Å². The number of hydrogen-bond acceptors (Lipinski definition) is 6. The topological polar surface area (TPSA) is 77.2 Å². The molecule has 140 valence electrons. The fourth-order valence-corrected chi connectivity index (χ4v) is 3.04. The van der Waals surface area contributed by atoms with E-state index >= 15 is 0 Å². The molecule has 0 aliphatic heterocycles. The predicted octanol–water partition coefficient (Wildman–Crippen LogP) is 4.60. The summed E-state index contributed by atoms with van der Waals surface area (Å²) < 4.78 is 10.9. The van der Waals surface area contributed by atoms with Crippen LogP contribution in [0.4, 0.5) is 5.69 Å². The van der Waals surface area contributed by atoms with Crippen LogP contribution in [0.5, 0.6) is 5.75 Å². The second-order valence-corrected chi connectivity index (χ2v) is 7.11. The second kappa shape index (κ2) is 8.73. The molecule has 2 aromatic carbocycles. The Kier molecular flexibility index (Phi) is 6.13. The summed E-state index contributed by atoms with van der Waals surface area (Å²) in [5, 5.41) is 11.2. The van der Waals surface area contributed by atoms with Crippen LogP contribution in [0.3, 0.4) is 0 Å². The van der Waals surface area contributed by atoms with Gasteiger partial charge < -0.3 is 14.5 Å². The Balaban J connectivity index is 1.57. The maximum atomic E-state index is 12.1. The average molecular weight is 383 g/mol. The number of carbonyl (C=O) groups excluding carboxylic acids is 1. The summed E-state index contributed by atoms with van der Waals surface area (Å²) in [5.41, 5.74) is 2.72. The predicted molar refractivity (Wildman–Crippen MR) is 106 cm³/mol. The van der Waals surface area contributed by atoms with Gasteiger partial charge in [0.1, 0.15) is 5.75 Å². The number of para-hydroxylation sites is 1. The van der Waals surface area contributed by atoms with E-state index in [2.05, 4.69) is 29.4 Å². The zero-order valence-electron chi connectivity index (χ0n) is 15.4. The third-order valence-electron chi connectivity index (χ3n) is 3.93. The first-order valence-corrected chi connectivity index (χ1v) is 9.55. The first-order valence-electron chi connectivity index (χ1n) is 8.56. The fraction of sp³-hybridized carbons (Fsp3) is 0.250. The Hall–Kier alpha value is -2.80. The van der Waals surface area contributed by atoms with Crippen LogP contribution in [0.25, 0.3) is 11.5 Å². The minimum absolute atomic E-state index is 0.130. The third kappa shape index (κ3) is 4.89. The van der Waals surface area contributed by atoms with E-state index in [4.69, 9.17) is 9.15 Å². The molecule has 0 aliphatic rings. The number of anilines is 1. The summed E-state index contributed by atoms with van der Waals surface area (Å²) in [5.74, 6) is 1.52. The van der Waals surface area contributed by atoms with Crippen LogP contribution >= 0.6 is 11.8 Å². The Morgan fingerprint density at radius 3 is 2.59 bits per heavy atom. The lowest BCUT2D eigenvalue weighted by molar-refractivity contribution is -0.113. The number of ether oxygens (including phenoxy) is 1. The highest BCUT2D eigenvalue weighted by molar-refractivity contribution is 7.99. The molecule has 0 fully saturated rings. The van der Waals surface area contributed by atoms with E-state index in [1.807, 2.05) is 48.5 Å². The van der Waals surface area contributed by atoms with Gasteiger partial charge >= 0.3 is 0 Å². The molecule has 0 unspecified atom stereocenters. The number of nitrogens with one attached hydrogen (secondary N) is 1. The standard InChI is InChI=1S/C20H21N3O3S/c1-13(2)14-8-10-15(11-9-14)21-18(24)12-27-20-23-22-19(26-20)16-6-4-5-7-17(16)25-3/h4-11,13H,12H2,1-3H3,(H,21,24). The van der Waals surface area contributed by atoms with Crippen LogP contribution in [0, 0.1) is 0 Å². The van der Waals surface area contributed by atoms with Gasteiger partial charge in [-0.3, -0.25) is 4.79 Å². The first kappa shape index (κ1) is 19.0. The van der Waals surface area contributed by atoms with Crippen molar-refractivity contribution in [3.8, 4) is 17.2 Å². The van der Waals surface area contributed by atoms with E-state index in [9.17, 15) is 4.79 Å². The van der Waals surface area contributed by atoms with Gasteiger partial charge in [0.15, 0.2) is 0 Å². The minimum Gasteiger partial charge on any atom is -0.496 e. The third-order valence-corrected chi connectivity index (χ3v) is 4.75. The molecule has 0 bridgehead atoms. The molecule has 0 aliphatic carbocycles. The summed E-state index contributed by atoms with van der Waals surface area (Å²) in [6, 6.07) is 15.3. The molecule has 0 saturated carbocycles. The Morgan fingerprint density at radius 1 is 1.15 bits per heavy atom. The molecule has 0 spiro atoms. The molecule has 1 heterocycles. The van der Waals surface area contributed by atoms with Crippen LogP contribution in [0.15, 0.2) is 58.2 Å². The van der Waals surface area contributed by atoms with Crippen LogP contribution in [-0.4, -0.2) is 29.0 Å². The highest BCUT2D eigenvalue weighted by Gasteiger charge is 2.14. The van der Waals surface area contributed by atoms with Crippen molar-refractivity contribution in [3.05, 3.63) is 54.1 Å². The zero-order chi connectivity index (χ0) is 19.2. The van der Waals surface area contributed by atoms with Crippen molar-refractivity contribution < 1.29 is 13.9 Å². The van der Waals surface area contributed by atoms with Gasteiger partial charge in [0.2, 0.25) is 5.91 Å².